The molecular weight excluding hydrogens is 388 g/mol. The maximum atomic E-state index is 12.9. The fraction of sp³-hybridized carbons (Fsp3) is 0.240. The summed E-state index contributed by atoms with van der Waals surface area (Å²) in [6.45, 7) is 1.38. The highest BCUT2D eigenvalue weighted by Crippen LogP contribution is 2.22. The van der Waals surface area contributed by atoms with E-state index in [1.54, 1.807) is 10.7 Å². The van der Waals surface area contributed by atoms with Gasteiger partial charge in [-0.25, -0.2) is 4.52 Å². The first-order valence-corrected chi connectivity index (χ1v) is 10.6. The number of carbonyl (C=O) groups excluding carboxylic acids is 1. The Morgan fingerprint density at radius 3 is 2.68 bits per heavy atom. The van der Waals surface area contributed by atoms with Gasteiger partial charge in [-0.3, -0.25) is 9.78 Å². The van der Waals surface area contributed by atoms with Crippen LogP contribution in [0.4, 0.5) is 0 Å². The highest BCUT2D eigenvalue weighted by Gasteiger charge is 2.19. The third kappa shape index (κ3) is 4.34. The highest BCUT2D eigenvalue weighted by molar-refractivity contribution is 5.93. The van der Waals surface area contributed by atoms with Crippen LogP contribution in [0, 0.1) is 0 Å². The van der Waals surface area contributed by atoms with Crippen LogP contribution in [0.2, 0.25) is 0 Å². The van der Waals surface area contributed by atoms with Crippen molar-refractivity contribution in [3.63, 3.8) is 0 Å². The molecule has 1 N–H and O–H groups in total. The third-order valence-corrected chi connectivity index (χ3v) is 5.72. The molecule has 1 aliphatic heterocycles. The van der Waals surface area contributed by atoms with Crippen LogP contribution in [-0.2, 0) is 11.2 Å². The molecule has 0 bridgehead atoms. The molecule has 3 aromatic heterocycles. The van der Waals surface area contributed by atoms with Gasteiger partial charge in [-0.2, -0.15) is 5.10 Å². The number of rotatable bonds is 5. The Hall–Kier alpha value is -3.51. The van der Waals surface area contributed by atoms with Crippen molar-refractivity contribution >= 4 is 11.4 Å². The van der Waals surface area contributed by atoms with Gasteiger partial charge in [-0.15, -0.1) is 0 Å². The third-order valence-electron chi connectivity index (χ3n) is 5.72. The number of nitrogens with zero attached hydrogens (tertiary/aromatic N) is 3. The lowest BCUT2D eigenvalue weighted by Crippen LogP contribution is -2.39. The minimum atomic E-state index is -0.129. The normalized spacial score (nSPS) is 14.6. The molecule has 6 nitrogen and oxygen atoms in total. The fourth-order valence-corrected chi connectivity index (χ4v) is 4.02. The smallest absolute Gasteiger partial charge is 0.271 e. The van der Waals surface area contributed by atoms with E-state index in [1.807, 2.05) is 36.7 Å². The van der Waals surface area contributed by atoms with E-state index < -0.39 is 0 Å². The molecule has 0 radical (unpaired) electrons. The van der Waals surface area contributed by atoms with Gasteiger partial charge in [-0.05, 0) is 65.8 Å². The zero-order valence-corrected chi connectivity index (χ0v) is 17.2. The maximum absolute atomic E-state index is 12.9. The second-order valence-electron chi connectivity index (χ2n) is 7.87. The number of benzene rings is 1. The number of carbonyl (C=O) groups is 1. The standard InChI is InChI=1S/C25H24N4O2/c30-25(27-22-9-13-31-14-10-22)23-16-21(24-4-2-12-29(24)28-23)15-18-5-7-19(8-6-18)20-3-1-11-26-17-20/h1-8,11-12,16-17,22H,9-10,13-15H2,(H,27,30). The van der Waals surface area contributed by atoms with E-state index in [4.69, 9.17) is 4.74 Å². The first-order chi connectivity index (χ1) is 15.3. The lowest BCUT2D eigenvalue weighted by Gasteiger charge is -2.23. The van der Waals surface area contributed by atoms with Crippen molar-refractivity contribution < 1.29 is 9.53 Å². The SMILES string of the molecule is O=C(NC1CCOCC1)c1cc(Cc2ccc(-c3cccnc3)cc2)c2cccn2n1. The molecule has 1 aromatic carbocycles. The number of pyridine rings is 1. The molecule has 6 heteroatoms. The summed E-state index contributed by atoms with van der Waals surface area (Å²) in [5.41, 5.74) is 5.94. The van der Waals surface area contributed by atoms with Crippen molar-refractivity contribution in [3.8, 4) is 11.1 Å². The first-order valence-electron chi connectivity index (χ1n) is 10.6. The predicted molar refractivity (Wildman–Crippen MR) is 119 cm³/mol. The van der Waals surface area contributed by atoms with Crippen molar-refractivity contribution in [3.05, 3.63) is 90.0 Å². The van der Waals surface area contributed by atoms with Gasteiger partial charge in [0.15, 0.2) is 0 Å². The maximum Gasteiger partial charge on any atom is 0.271 e. The van der Waals surface area contributed by atoms with E-state index in [9.17, 15) is 4.79 Å². The zero-order valence-electron chi connectivity index (χ0n) is 17.2. The summed E-state index contributed by atoms with van der Waals surface area (Å²) in [6, 6.07) is 18.5. The molecule has 4 heterocycles. The van der Waals surface area contributed by atoms with Crippen molar-refractivity contribution in [2.24, 2.45) is 0 Å². The molecule has 0 aliphatic carbocycles. The largest absolute Gasteiger partial charge is 0.381 e. The molecule has 31 heavy (non-hydrogen) atoms. The van der Waals surface area contributed by atoms with E-state index >= 15 is 0 Å². The molecule has 0 unspecified atom stereocenters. The Labute approximate surface area is 180 Å². The zero-order chi connectivity index (χ0) is 21.0. The number of ether oxygens (including phenoxy) is 1. The van der Waals surface area contributed by atoms with E-state index in [2.05, 4.69) is 45.7 Å². The molecule has 0 spiro atoms. The summed E-state index contributed by atoms with van der Waals surface area (Å²) in [7, 11) is 0. The molecule has 1 saturated heterocycles. The number of hydrogen-bond donors (Lipinski definition) is 1. The van der Waals surface area contributed by atoms with Crippen LogP contribution in [0.3, 0.4) is 0 Å². The van der Waals surface area contributed by atoms with Crippen LogP contribution in [0.5, 0.6) is 0 Å². The van der Waals surface area contributed by atoms with Crippen molar-refractivity contribution in [2.75, 3.05) is 13.2 Å². The lowest BCUT2D eigenvalue weighted by molar-refractivity contribution is 0.0693. The number of hydrogen-bond acceptors (Lipinski definition) is 4. The molecule has 0 atom stereocenters. The molecule has 1 amide bonds. The monoisotopic (exact) mass is 412 g/mol. The van der Waals surface area contributed by atoms with Gasteiger partial charge in [-0.1, -0.05) is 30.3 Å². The summed E-state index contributed by atoms with van der Waals surface area (Å²) in [4.78, 5) is 17.0. The van der Waals surface area contributed by atoms with Gasteiger partial charge in [0.05, 0.1) is 5.52 Å². The van der Waals surface area contributed by atoms with E-state index in [0.29, 0.717) is 18.9 Å². The topological polar surface area (TPSA) is 68.5 Å². The van der Waals surface area contributed by atoms with E-state index in [0.717, 1.165) is 41.5 Å². The van der Waals surface area contributed by atoms with Crippen LogP contribution < -0.4 is 5.32 Å². The lowest BCUT2D eigenvalue weighted by atomic mass is 10.0. The van der Waals surface area contributed by atoms with Crippen molar-refractivity contribution in [1.82, 2.24) is 19.9 Å². The Morgan fingerprint density at radius 1 is 1.06 bits per heavy atom. The number of nitrogens with one attached hydrogen (secondary N) is 1. The number of amides is 1. The summed E-state index contributed by atoms with van der Waals surface area (Å²) < 4.78 is 7.17. The fourth-order valence-electron chi connectivity index (χ4n) is 4.02. The predicted octanol–water partition coefficient (Wildman–Crippen LogP) is 3.90. The molecule has 156 valence electrons. The molecule has 4 aromatic rings. The Balaban J connectivity index is 1.39. The Kier molecular flexibility index (Phi) is 5.46. The Bertz CT molecular complexity index is 1180. The molecule has 0 saturated carbocycles. The summed E-state index contributed by atoms with van der Waals surface area (Å²) in [5.74, 6) is -0.129. The average Bonchev–Trinajstić information content (AvgIpc) is 3.30. The number of fused-ring (bicyclic) bond motifs is 1. The van der Waals surface area contributed by atoms with Crippen LogP contribution in [0.25, 0.3) is 16.6 Å². The highest BCUT2D eigenvalue weighted by atomic mass is 16.5. The summed E-state index contributed by atoms with van der Waals surface area (Å²) in [5, 5.41) is 7.63. The van der Waals surface area contributed by atoms with Crippen LogP contribution in [-0.4, -0.2) is 39.8 Å². The minimum absolute atomic E-state index is 0.129. The quantitative estimate of drug-likeness (QED) is 0.540. The van der Waals surface area contributed by atoms with Gasteiger partial charge in [0.25, 0.3) is 5.91 Å². The summed E-state index contributed by atoms with van der Waals surface area (Å²) in [6.07, 6.45) is 7.93. The van der Waals surface area contributed by atoms with Gasteiger partial charge < -0.3 is 10.1 Å². The molecule has 5 rings (SSSR count). The van der Waals surface area contributed by atoms with Crippen LogP contribution in [0.15, 0.2) is 73.2 Å². The van der Waals surface area contributed by atoms with Gasteiger partial charge in [0, 0.05) is 37.8 Å². The van der Waals surface area contributed by atoms with Crippen LogP contribution in [0.1, 0.15) is 34.5 Å². The molecular formula is C25H24N4O2. The van der Waals surface area contributed by atoms with Gasteiger partial charge >= 0.3 is 0 Å². The second-order valence-corrected chi connectivity index (χ2v) is 7.87. The molecule has 1 fully saturated rings. The first kappa shape index (κ1) is 19.5. The number of aromatic nitrogens is 3. The van der Waals surface area contributed by atoms with Crippen molar-refractivity contribution in [2.45, 2.75) is 25.3 Å². The minimum Gasteiger partial charge on any atom is -0.381 e. The van der Waals surface area contributed by atoms with Crippen LogP contribution >= 0.6 is 0 Å². The Morgan fingerprint density at radius 2 is 1.90 bits per heavy atom. The molecule has 1 aliphatic rings. The average molecular weight is 412 g/mol. The second kappa shape index (κ2) is 8.70. The van der Waals surface area contributed by atoms with E-state index in [1.165, 1.54) is 5.56 Å². The van der Waals surface area contributed by atoms with Gasteiger partial charge in [0.2, 0.25) is 0 Å². The summed E-state index contributed by atoms with van der Waals surface area (Å²) >= 11 is 0. The van der Waals surface area contributed by atoms with Gasteiger partial charge in [0.1, 0.15) is 5.69 Å². The van der Waals surface area contributed by atoms with Crippen molar-refractivity contribution in [1.29, 1.82) is 0 Å². The van der Waals surface area contributed by atoms with E-state index in [-0.39, 0.29) is 11.9 Å².